The third-order valence-corrected chi connectivity index (χ3v) is 8.84. The van der Waals surface area contributed by atoms with Gasteiger partial charge in [-0.3, -0.25) is 19.2 Å². The predicted octanol–water partition coefficient (Wildman–Crippen LogP) is 8.87. The largest absolute Gasteiger partial charge is 0.487 e. The number of alkyl halides is 3. The van der Waals surface area contributed by atoms with E-state index < -0.39 is 48.6 Å². The molecule has 0 fully saturated rings. The Morgan fingerprint density at radius 3 is 1.68 bits per heavy atom. The van der Waals surface area contributed by atoms with Gasteiger partial charge in [0.15, 0.2) is 5.75 Å². The van der Waals surface area contributed by atoms with Gasteiger partial charge in [-0.15, -0.1) is 0 Å². The Bertz CT molecular complexity index is 2010. The molecule has 0 spiro atoms. The van der Waals surface area contributed by atoms with Crippen molar-refractivity contribution in [2.75, 3.05) is 36.8 Å². The van der Waals surface area contributed by atoms with Gasteiger partial charge in [0.1, 0.15) is 32.1 Å². The fourth-order valence-corrected chi connectivity index (χ4v) is 6.72. The zero-order valence-electron chi connectivity index (χ0n) is 29.6. The second kappa shape index (κ2) is 21.6. The van der Waals surface area contributed by atoms with Gasteiger partial charge in [0.05, 0.1) is 24.6 Å². The van der Waals surface area contributed by atoms with Crippen LogP contribution in [0.3, 0.4) is 0 Å². The molecule has 0 radical (unpaired) electrons. The summed E-state index contributed by atoms with van der Waals surface area (Å²) >= 11 is 18.9. The van der Waals surface area contributed by atoms with Gasteiger partial charge in [-0.1, -0.05) is 35.3 Å². The highest BCUT2D eigenvalue weighted by Crippen LogP contribution is 2.37. The molecule has 6 N–H and O–H groups in total. The quantitative estimate of drug-likeness (QED) is 0.0637. The minimum absolute atomic E-state index is 0.149. The van der Waals surface area contributed by atoms with Gasteiger partial charge in [0, 0.05) is 35.6 Å². The number of amides is 2. The Balaban J connectivity index is 0.000000303. The average molecular weight is 951 g/mol. The van der Waals surface area contributed by atoms with Crippen molar-refractivity contribution in [3.05, 3.63) is 114 Å². The minimum atomic E-state index is -4.49. The second-order valence-corrected chi connectivity index (χ2v) is 14.0. The first-order valence-electron chi connectivity index (χ1n) is 16.4. The summed E-state index contributed by atoms with van der Waals surface area (Å²) in [6.07, 6.45) is -4.49. The van der Waals surface area contributed by atoms with E-state index in [1.807, 2.05) is 31.2 Å². The van der Waals surface area contributed by atoms with Crippen LogP contribution in [0.5, 0.6) is 11.5 Å². The van der Waals surface area contributed by atoms with Crippen LogP contribution in [0, 0.1) is 0 Å². The van der Waals surface area contributed by atoms with Gasteiger partial charge in [-0.05, 0) is 111 Å². The fourth-order valence-electron chi connectivity index (χ4n) is 4.71. The first-order chi connectivity index (χ1) is 26.4. The lowest BCUT2D eigenvalue weighted by atomic mass is 10.1. The lowest BCUT2D eigenvalue weighted by molar-refractivity contribution is -0.138. The molecule has 0 aliphatic heterocycles. The highest BCUT2D eigenvalue weighted by Gasteiger charge is 2.31. The van der Waals surface area contributed by atoms with Gasteiger partial charge >= 0.3 is 18.1 Å². The van der Waals surface area contributed by atoms with Crippen molar-refractivity contribution < 1.29 is 52.0 Å². The van der Waals surface area contributed by atoms with Crippen LogP contribution in [-0.2, 0) is 29.0 Å². The van der Waals surface area contributed by atoms with Gasteiger partial charge < -0.3 is 41.0 Å². The molecule has 0 aromatic heterocycles. The molecule has 56 heavy (non-hydrogen) atoms. The summed E-state index contributed by atoms with van der Waals surface area (Å²) in [5.74, 6) is -2.96. The molecule has 2 amide bonds. The number of rotatable bonds is 16. The maximum Gasteiger partial charge on any atom is 0.416 e. The van der Waals surface area contributed by atoms with Crippen molar-refractivity contribution in [3.8, 4) is 11.5 Å². The van der Waals surface area contributed by atoms with E-state index in [1.54, 1.807) is 13.0 Å². The lowest BCUT2D eigenvalue weighted by Gasteiger charge is -2.15. The van der Waals surface area contributed by atoms with E-state index in [0.717, 1.165) is 29.9 Å². The Morgan fingerprint density at radius 1 is 0.679 bits per heavy atom. The van der Waals surface area contributed by atoms with Crippen LogP contribution in [-0.4, -0.2) is 60.1 Å². The number of halogens is 7. The SMILES string of the molecule is CCNc1cc(COc2c(Br)cc(C(=O)NCC(=O)O)cc2Br)cc(C(F)(F)F)c1.CCNc1cccc(COc2c(Cl)cc(C(=O)NCC(=O)O)cc2Cl)c1. The number of aliphatic carboxylic acids is 2. The van der Waals surface area contributed by atoms with Crippen molar-refractivity contribution in [2.24, 2.45) is 0 Å². The number of carbonyl (C=O) groups is 4. The Kier molecular flexibility index (Phi) is 17.6. The van der Waals surface area contributed by atoms with E-state index in [2.05, 4.69) is 53.1 Å². The van der Waals surface area contributed by atoms with E-state index in [0.29, 0.717) is 26.7 Å². The van der Waals surface area contributed by atoms with E-state index in [1.165, 1.54) is 24.3 Å². The van der Waals surface area contributed by atoms with Crippen LogP contribution in [0.15, 0.2) is 75.7 Å². The number of hydrogen-bond acceptors (Lipinski definition) is 8. The van der Waals surface area contributed by atoms with Crippen molar-refractivity contribution in [1.29, 1.82) is 0 Å². The van der Waals surface area contributed by atoms with Crippen molar-refractivity contribution >= 4 is 90.2 Å². The summed E-state index contributed by atoms with van der Waals surface area (Å²) in [7, 11) is 0. The molecular formula is C37H35Br2Cl2F3N4O8. The van der Waals surface area contributed by atoms with Gasteiger partial charge in [0.2, 0.25) is 0 Å². The molecule has 4 aromatic carbocycles. The lowest BCUT2D eigenvalue weighted by Crippen LogP contribution is -2.29. The zero-order valence-corrected chi connectivity index (χ0v) is 34.3. The topological polar surface area (TPSA) is 175 Å². The standard InChI is InChI=1S/C19H17Br2F3N2O4.C18H18Cl2N2O4/c1-2-25-13-4-10(3-12(7-13)19(22,23)24)9-30-17-14(20)5-11(6-15(17)21)18(29)26-8-16(27)28;1-2-21-13-5-3-4-11(6-13)10-26-17-14(19)7-12(8-15(17)20)18(25)22-9-16(23)24/h3-7,25H,2,8-9H2,1H3,(H,26,29)(H,27,28);3-8,21H,2,9-10H2,1H3,(H,22,25)(H,23,24). The van der Waals surface area contributed by atoms with E-state index in [9.17, 15) is 32.3 Å². The fraction of sp³-hybridized carbons (Fsp3) is 0.243. The first-order valence-corrected chi connectivity index (χ1v) is 18.8. The second-order valence-electron chi connectivity index (χ2n) is 11.4. The molecule has 4 rings (SSSR count). The van der Waals surface area contributed by atoms with Crippen LogP contribution in [0.1, 0.15) is 51.3 Å². The summed E-state index contributed by atoms with van der Waals surface area (Å²) in [6, 6.07) is 17.0. The Labute approximate surface area is 346 Å². The monoisotopic (exact) mass is 948 g/mol. The molecule has 300 valence electrons. The summed E-state index contributed by atoms with van der Waals surface area (Å²) < 4.78 is 51.6. The number of nitrogens with one attached hydrogen (secondary N) is 4. The molecule has 0 unspecified atom stereocenters. The molecule has 0 aliphatic rings. The summed E-state index contributed by atoms with van der Waals surface area (Å²) in [5, 5.41) is 28.1. The number of hydrogen-bond donors (Lipinski definition) is 6. The van der Waals surface area contributed by atoms with Crippen LogP contribution >= 0.6 is 55.1 Å². The molecule has 4 aromatic rings. The predicted molar refractivity (Wildman–Crippen MR) is 213 cm³/mol. The van der Waals surface area contributed by atoms with Gasteiger partial charge in [-0.25, -0.2) is 0 Å². The van der Waals surface area contributed by atoms with Crippen LogP contribution < -0.4 is 30.7 Å². The van der Waals surface area contributed by atoms with Crippen molar-refractivity contribution in [2.45, 2.75) is 33.2 Å². The molecule has 19 heteroatoms. The van der Waals surface area contributed by atoms with Gasteiger partial charge in [0.25, 0.3) is 11.8 Å². The summed E-state index contributed by atoms with van der Waals surface area (Å²) in [4.78, 5) is 45.0. The molecule has 12 nitrogen and oxygen atoms in total. The molecule has 0 heterocycles. The van der Waals surface area contributed by atoms with Crippen LogP contribution in [0.4, 0.5) is 24.5 Å². The molecule has 0 saturated carbocycles. The van der Waals surface area contributed by atoms with E-state index in [4.69, 9.17) is 42.9 Å². The number of anilines is 2. The number of ether oxygens (including phenoxy) is 2. The maximum atomic E-state index is 13.2. The molecule has 0 saturated heterocycles. The van der Waals surface area contributed by atoms with E-state index in [-0.39, 0.29) is 45.9 Å². The normalized spacial score (nSPS) is 10.7. The molecule has 0 aliphatic carbocycles. The zero-order chi connectivity index (χ0) is 41.6. The number of carboxylic acids is 2. The van der Waals surface area contributed by atoms with Crippen molar-refractivity contribution in [3.63, 3.8) is 0 Å². The summed E-state index contributed by atoms with van der Waals surface area (Å²) in [5.41, 5.74) is 2.09. The van der Waals surface area contributed by atoms with Crippen LogP contribution in [0.2, 0.25) is 10.0 Å². The molecular weight excluding hydrogens is 916 g/mol. The molecule has 0 atom stereocenters. The number of carboxylic acid groups (broad SMARTS) is 2. The number of benzene rings is 4. The molecule has 0 bridgehead atoms. The minimum Gasteiger partial charge on any atom is -0.487 e. The number of carbonyl (C=O) groups excluding carboxylic acids is 2. The Morgan fingerprint density at radius 2 is 1.16 bits per heavy atom. The van der Waals surface area contributed by atoms with Crippen molar-refractivity contribution in [1.82, 2.24) is 10.6 Å². The maximum absolute atomic E-state index is 13.2. The first kappa shape index (κ1) is 45.7. The van der Waals surface area contributed by atoms with Crippen LogP contribution in [0.25, 0.3) is 0 Å². The van der Waals surface area contributed by atoms with Gasteiger partial charge in [-0.2, -0.15) is 13.2 Å². The highest BCUT2D eigenvalue weighted by molar-refractivity contribution is 9.11. The smallest absolute Gasteiger partial charge is 0.416 e. The average Bonchev–Trinajstić information content (AvgIpc) is 3.12. The third kappa shape index (κ3) is 14.4. The summed E-state index contributed by atoms with van der Waals surface area (Å²) in [6.45, 7) is 4.14. The highest BCUT2D eigenvalue weighted by atomic mass is 79.9. The third-order valence-electron chi connectivity index (χ3n) is 7.10. The van der Waals surface area contributed by atoms with E-state index >= 15 is 0 Å². The Hall–Kier alpha value is -4.71.